The summed E-state index contributed by atoms with van der Waals surface area (Å²) in [6.45, 7) is 3.51. The summed E-state index contributed by atoms with van der Waals surface area (Å²) in [7, 11) is 0. The highest BCUT2D eigenvalue weighted by molar-refractivity contribution is 5.76. The van der Waals surface area contributed by atoms with E-state index >= 15 is 0 Å². The third kappa shape index (κ3) is 4.14. The lowest BCUT2D eigenvalue weighted by Crippen LogP contribution is -2.45. The molecule has 1 heterocycles. The number of amides is 1. The van der Waals surface area contributed by atoms with Crippen LogP contribution < -0.4 is 10.9 Å². The largest absolute Gasteiger partial charge is 0.391 e. The molecule has 1 amide bonds. The van der Waals surface area contributed by atoms with Crippen molar-refractivity contribution < 1.29 is 9.90 Å². The molecule has 1 aliphatic carbocycles. The molecular weight excluding hydrogens is 270 g/mol. The monoisotopic (exact) mass is 293 g/mol. The molecule has 2 rings (SSSR count). The summed E-state index contributed by atoms with van der Waals surface area (Å²) in [5.41, 5.74) is 1.05. The number of aromatic amines is 1. The summed E-state index contributed by atoms with van der Waals surface area (Å²) in [6.07, 6.45) is 3.75. The van der Waals surface area contributed by atoms with Crippen LogP contribution in [0, 0.1) is 13.8 Å². The molecule has 1 aliphatic rings. The summed E-state index contributed by atoms with van der Waals surface area (Å²) >= 11 is 0. The lowest BCUT2D eigenvalue weighted by atomic mass is 9.92. The number of aromatic nitrogens is 2. The van der Waals surface area contributed by atoms with Crippen LogP contribution in [0.15, 0.2) is 4.79 Å². The van der Waals surface area contributed by atoms with E-state index in [0.29, 0.717) is 23.5 Å². The molecule has 3 N–H and O–H groups in total. The van der Waals surface area contributed by atoms with E-state index < -0.39 is 6.10 Å². The highest BCUT2D eigenvalue weighted by atomic mass is 16.3. The molecule has 0 aromatic carbocycles. The molecule has 1 saturated carbocycles. The predicted molar refractivity (Wildman–Crippen MR) is 79.1 cm³/mol. The Morgan fingerprint density at radius 1 is 1.38 bits per heavy atom. The summed E-state index contributed by atoms with van der Waals surface area (Å²) in [6, 6.07) is -0.151. The maximum atomic E-state index is 12.0. The number of nitrogens with one attached hydrogen (secondary N) is 2. The van der Waals surface area contributed by atoms with Crippen molar-refractivity contribution >= 4 is 5.91 Å². The van der Waals surface area contributed by atoms with Gasteiger partial charge in [0.2, 0.25) is 5.91 Å². The minimum atomic E-state index is -0.450. The first-order chi connectivity index (χ1) is 9.97. The molecule has 0 unspecified atom stereocenters. The van der Waals surface area contributed by atoms with Crippen LogP contribution in [0.2, 0.25) is 0 Å². The molecule has 6 nitrogen and oxygen atoms in total. The highest BCUT2D eigenvalue weighted by Gasteiger charge is 2.24. The van der Waals surface area contributed by atoms with Crippen molar-refractivity contribution in [3.63, 3.8) is 0 Å². The second-order valence-corrected chi connectivity index (χ2v) is 5.74. The van der Waals surface area contributed by atoms with Crippen molar-refractivity contribution in [3.8, 4) is 0 Å². The van der Waals surface area contributed by atoms with Gasteiger partial charge in [-0.15, -0.1) is 0 Å². The molecule has 0 aliphatic heterocycles. The number of rotatable bonds is 4. The molecule has 6 heteroatoms. The second kappa shape index (κ2) is 6.85. The lowest BCUT2D eigenvalue weighted by Gasteiger charge is -2.28. The average molecular weight is 293 g/mol. The molecule has 0 radical (unpaired) electrons. The van der Waals surface area contributed by atoms with Crippen LogP contribution in [0.4, 0.5) is 0 Å². The second-order valence-electron chi connectivity index (χ2n) is 5.74. The smallest absolute Gasteiger partial charge is 0.254 e. The molecule has 116 valence electrons. The Morgan fingerprint density at radius 2 is 2.10 bits per heavy atom. The Labute approximate surface area is 124 Å². The maximum absolute atomic E-state index is 12.0. The average Bonchev–Trinajstić information content (AvgIpc) is 2.40. The van der Waals surface area contributed by atoms with Gasteiger partial charge in [-0.3, -0.25) is 9.59 Å². The van der Waals surface area contributed by atoms with Crippen molar-refractivity contribution in [2.24, 2.45) is 0 Å². The van der Waals surface area contributed by atoms with Gasteiger partial charge in [-0.25, -0.2) is 4.98 Å². The fourth-order valence-electron chi connectivity index (χ4n) is 2.84. The number of carbonyl (C=O) groups is 1. The Balaban J connectivity index is 1.91. The number of hydrogen-bond donors (Lipinski definition) is 3. The summed E-state index contributed by atoms with van der Waals surface area (Å²) in [4.78, 5) is 30.7. The van der Waals surface area contributed by atoms with E-state index in [1.807, 2.05) is 0 Å². The van der Waals surface area contributed by atoms with Gasteiger partial charge in [-0.1, -0.05) is 12.8 Å². The van der Waals surface area contributed by atoms with E-state index in [2.05, 4.69) is 15.3 Å². The summed E-state index contributed by atoms with van der Waals surface area (Å²) < 4.78 is 0. The third-order valence-electron chi connectivity index (χ3n) is 4.02. The minimum absolute atomic E-state index is 0.125. The lowest BCUT2D eigenvalue weighted by molar-refractivity contribution is -0.123. The first kappa shape index (κ1) is 15.7. The van der Waals surface area contributed by atoms with Gasteiger partial charge in [0.25, 0.3) is 5.56 Å². The number of hydrogen-bond acceptors (Lipinski definition) is 4. The van der Waals surface area contributed by atoms with E-state index in [4.69, 9.17) is 0 Å². The number of carbonyl (C=O) groups excluding carboxylic acids is 1. The Bertz CT molecular complexity index is 568. The minimum Gasteiger partial charge on any atom is -0.391 e. The van der Waals surface area contributed by atoms with Crippen LogP contribution in [-0.2, 0) is 11.2 Å². The van der Waals surface area contributed by atoms with Crippen LogP contribution in [0.25, 0.3) is 0 Å². The van der Waals surface area contributed by atoms with Crippen LogP contribution in [0.5, 0.6) is 0 Å². The van der Waals surface area contributed by atoms with Gasteiger partial charge in [-0.05, 0) is 33.1 Å². The van der Waals surface area contributed by atoms with Crippen molar-refractivity contribution in [2.75, 3.05) is 0 Å². The number of aryl methyl sites for hydroxylation is 2. The maximum Gasteiger partial charge on any atom is 0.254 e. The zero-order valence-corrected chi connectivity index (χ0v) is 12.6. The first-order valence-corrected chi connectivity index (χ1v) is 7.51. The van der Waals surface area contributed by atoms with Crippen molar-refractivity contribution in [1.82, 2.24) is 15.3 Å². The normalized spacial score (nSPS) is 22.0. The zero-order valence-electron chi connectivity index (χ0n) is 12.6. The van der Waals surface area contributed by atoms with Gasteiger partial charge in [0.1, 0.15) is 5.82 Å². The predicted octanol–water partition coefficient (Wildman–Crippen LogP) is 0.739. The Hall–Kier alpha value is -1.69. The van der Waals surface area contributed by atoms with Gasteiger partial charge in [-0.2, -0.15) is 0 Å². The molecule has 0 bridgehead atoms. The van der Waals surface area contributed by atoms with Gasteiger partial charge >= 0.3 is 0 Å². The van der Waals surface area contributed by atoms with Crippen LogP contribution >= 0.6 is 0 Å². The molecule has 0 spiro atoms. The van der Waals surface area contributed by atoms with E-state index in [9.17, 15) is 14.7 Å². The number of nitrogens with zero attached hydrogens (tertiary/aromatic N) is 1. The topological polar surface area (TPSA) is 95.1 Å². The van der Waals surface area contributed by atoms with Crippen LogP contribution in [0.3, 0.4) is 0 Å². The van der Waals surface area contributed by atoms with Gasteiger partial charge in [0.05, 0.1) is 12.1 Å². The SMILES string of the molecule is Cc1nc(C)c(CCC(=O)N[C@@H]2CCCC[C@H]2O)c(=O)[nH]1. The van der Waals surface area contributed by atoms with E-state index in [1.54, 1.807) is 13.8 Å². The highest BCUT2D eigenvalue weighted by Crippen LogP contribution is 2.18. The first-order valence-electron chi connectivity index (χ1n) is 7.51. The van der Waals surface area contributed by atoms with Gasteiger partial charge in [0.15, 0.2) is 0 Å². The standard InChI is InChI=1S/C15H23N3O3/c1-9-11(15(21)17-10(2)16-9)7-8-14(20)18-12-5-3-4-6-13(12)19/h12-13,19H,3-8H2,1-2H3,(H,18,20)(H,16,17,21)/t12-,13-/m1/s1. The fourth-order valence-corrected chi connectivity index (χ4v) is 2.84. The molecule has 1 aromatic rings. The number of aliphatic hydroxyl groups excluding tert-OH is 1. The number of aliphatic hydroxyl groups is 1. The molecule has 1 fully saturated rings. The molecular formula is C15H23N3O3. The number of H-pyrrole nitrogens is 1. The van der Waals surface area contributed by atoms with E-state index in [-0.39, 0.29) is 23.9 Å². The van der Waals surface area contributed by atoms with E-state index in [1.165, 1.54) is 0 Å². The van der Waals surface area contributed by atoms with Crippen LogP contribution in [0.1, 0.15) is 49.2 Å². The van der Waals surface area contributed by atoms with Gasteiger partial charge < -0.3 is 15.4 Å². The molecule has 0 saturated heterocycles. The fraction of sp³-hybridized carbons (Fsp3) is 0.667. The third-order valence-corrected chi connectivity index (χ3v) is 4.02. The van der Waals surface area contributed by atoms with E-state index in [0.717, 1.165) is 25.7 Å². The van der Waals surface area contributed by atoms with Crippen LogP contribution in [-0.4, -0.2) is 33.1 Å². The Kier molecular flexibility index (Phi) is 5.12. The Morgan fingerprint density at radius 3 is 2.76 bits per heavy atom. The van der Waals surface area contributed by atoms with Crippen molar-refractivity contribution in [3.05, 3.63) is 27.4 Å². The summed E-state index contributed by atoms with van der Waals surface area (Å²) in [5.74, 6) is 0.455. The summed E-state index contributed by atoms with van der Waals surface area (Å²) in [5, 5.41) is 12.7. The zero-order chi connectivity index (χ0) is 15.4. The van der Waals surface area contributed by atoms with Crippen molar-refractivity contribution in [1.29, 1.82) is 0 Å². The van der Waals surface area contributed by atoms with Crippen molar-refractivity contribution in [2.45, 2.75) is 64.5 Å². The van der Waals surface area contributed by atoms with Gasteiger partial charge in [0, 0.05) is 17.7 Å². The molecule has 1 aromatic heterocycles. The molecule has 2 atom stereocenters. The quantitative estimate of drug-likeness (QED) is 0.763. The molecule has 21 heavy (non-hydrogen) atoms.